The molecule has 0 aliphatic rings. The van der Waals surface area contributed by atoms with Crippen LogP contribution in [0.2, 0.25) is 0 Å². The summed E-state index contributed by atoms with van der Waals surface area (Å²) >= 11 is 0. The van der Waals surface area contributed by atoms with Gasteiger partial charge in [-0.3, -0.25) is 9.59 Å². The summed E-state index contributed by atoms with van der Waals surface area (Å²) in [4.78, 5) is 35.9. The van der Waals surface area contributed by atoms with E-state index in [1.165, 1.54) is 0 Å². The molecule has 0 aliphatic heterocycles. The number of rotatable bonds is 5. The molecule has 0 unspecified atom stereocenters. The Morgan fingerprint density at radius 1 is 0.808 bits per heavy atom. The van der Waals surface area contributed by atoms with Gasteiger partial charge in [0, 0.05) is 16.7 Å². The van der Waals surface area contributed by atoms with Crippen molar-refractivity contribution < 1.29 is 19.1 Å². The van der Waals surface area contributed by atoms with Gasteiger partial charge in [0.2, 0.25) is 0 Å². The normalized spacial score (nSPS) is 10.7. The zero-order chi connectivity index (χ0) is 19.2. The molecule has 2 aromatic carbocycles. The lowest BCUT2D eigenvalue weighted by atomic mass is 10.0. The van der Waals surface area contributed by atoms with Crippen molar-refractivity contribution in [2.75, 3.05) is 6.67 Å². The molecule has 136 valence electrons. The van der Waals surface area contributed by atoms with E-state index in [9.17, 15) is 14.4 Å². The average Bonchev–Trinajstić information content (AvgIpc) is 2.60. The third-order valence-corrected chi connectivity index (χ3v) is 3.33. The number of hydrogen-bond donors (Lipinski definition) is 2. The Bertz CT molecular complexity index is 778. The van der Waals surface area contributed by atoms with Crippen LogP contribution in [0.25, 0.3) is 0 Å². The fourth-order valence-corrected chi connectivity index (χ4v) is 2.14. The topological polar surface area (TPSA) is 84.5 Å². The van der Waals surface area contributed by atoms with E-state index in [0.717, 1.165) is 0 Å². The maximum absolute atomic E-state index is 12.3. The molecule has 2 N–H and O–H groups in total. The Morgan fingerprint density at radius 2 is 1.35 bits per heavy atom. The summed E-state index contributed by atoms with van der Waals surface area (Å²) in [6.45, 7) is 5.20. The molecule has 0 atom stereocenters. The number of carbonyl (C=O) groups excluding carboxylic acids is 3. The number of ether oxygens (including phenoxy) is 1. The summed E-state index contributed by atoms with van der Waals surface area (Å²) < 4.78 is 5.07. The highest BCUT2D eigenvalue weighted by Crippen LogP contribution is 2.11. The van der Waals surface area contributed by atoms with Crippen LogP contribution in [0.15, 0.2) is 54.6 Å². The van der Waals surface area contributed by atoms with Crippen LogP contribution in [0, 0.1) is 0 Å². The molecule has 0 aliphatic carbocycles. The molecule has 6 nitrogen and oxygen atoms in total. The highest BCUT2D eigenvalue weighted by molar-refractivity contribution is 6.09. The van der Waals surface area contributed by atoms with Gasteiger partial charge in [-0.1, -0.05) is 42.5 Å². The Kier molecular flexibility index (Phi) is 6.11. The Morgan fingerprint density at radius 3 is 1.92 bits per heavy atom. The van der Waals surface area contributed by atoms with Crippen molar-refractivity contribution in [1.29, 1.82) is 0 Å². The molecule has 2 aromatic rings. The predicted molar refractivity (Wildman–Crippen MR) is 98.0 cm³/mol. The Hall–Kier alpha value is -3.15. The zero-order valence-electron chi connectivity index (χ0n) is 15.0. The van der Waals surface area contributed by atoms with E-state index in [0.29, 0.717) is 16.7 Å². The van der Waals surface area contributed by atoms with E-state index >= 15 is 0 Å². The lowest BCUT2D eigenvalue weighted by Crippen LogP contribution is -2.40. The van der Waals surface area contributed by atoms with E-state index < -0.39 is 11.7 Å². The van der Waals surface area contributed by atoms with Crippen LogP contribution < -0.4 is 10.6 Å². The summed E-state index contributed by atoms with van der Waals surface area (Å²) in [5, 5.41) is 5.00. The van der Waals surface area contributed by atoms with E-state index in [2.05, 4.69) is 10.6 Å². The van der Waals surface area contributed by atoms with Gasteiger partial charge in [-0.15, -0.1) is 0 Å². The fraction of sp³-hybridized carbons (Fsp3) is 0.250. The number of nitrogens with one attached hydrogen (secondary N) is 2. The van der Waals surface area contributed by atoms with Gasteiger partial charge in [-0.05, 0) is 32.9 Å². The summed E-state index contributed by atoms with van der Waals surface area (Å²) in [6.07, 6.45) is -0.610. The van der Waals surface area contributed by atoms with Crippen molar-refractivity contribution >= 4 is 17.8 Å². The maximum Gasteiger partial charge on any atom is 0.409 e. The average molecular weight is 354 g/mol. The monoisotopic (exact) mass is 354 g/mol. The highest BCUT2D eigenvalue weighted by atomic mass is 16.6. The molecule has 2 amide bonds. The van der Waals surface area contributed by atoms with Crippen LogP contribution in [0.4, 0.5) is 4.79 Å². The van der Waals surface area contributed by atoms with Gasteiger partial charge >= 0.3 is 6.09 Å². The van der Waals surface area contributed by atoms with Crippen molar-refractivity contribution in [1.82, 2.24) is 10.6 Å². The third-order valence-electron chi connectivity index (χ3n) is 3.33. The van der Waals surface area contributed by atoms with E-state index in [1.807, 2.05) is 6.07 Å². The molecule has 0 heterocycles. The van der Waals surface area contributed by atoms with Crippen molar-refractivity contribution in [2.24, 2.45) is 0 Å². The maximum atomic E-state index is 12.3. The van der Waals surface area contributed by atoms with Crippen LogP contribution >= 0.6 is 0 Å². The van der Waals surface area contributed by atoms with Gasteiger partial charge in [-0.25, -0.2) is 4.79 Å². The molecule has 2 rings (SSSR count). The minimum atomic E-state index is -0.610. The molecule has 0 saturated heterocycles. The first-order valence-corrected chi connectivity index (χ1v) is 8.21. The number of hydrogen-bond acceptors (Lipinski definition) is 4. The quantitative estimate of drug-likeness (QED) is 0.638. The molecular weight excluding hydrogens is 332 g/mol. The van der Waals surface area contributed by atoms with Gasteiger partial charge < -0.3 is 15.4 Å². The largest absolute Gasteiger partial charge is 0.444 e. The summed E-state index contributed by atoms with van der Waals surface area (Å²) in [6, 6.07) is 15.3. The summed E-state index contributed by atoms with van der Waals surface area (Å²) in [5.74, 6) is -0.469. The van der Waals surface area contributed by atoms with Crippen molar-refractivity contribution in [2.45, 2.75) is 26.4 Å². The molecule has 0 aromatic heterocycles. The van der Waals surface area contributed by atoms with Gasteiger partial charge in [0.25, 0.3) is 5.91 Å². The molecule has 26 heavy (non-hydrogen) atoms. The number of ketones is 1. The minimum Gasteiger partial charge on any atom is -0.444 e. The molecular formula is C20H22N2O4. The standard InChI is InChI=1S/C20H22N2O4/c1-20(2,3)26-19(25)22-13-21-18(24)16-11-9-15(10-12-16)17(23)14-7-5-4-6-8-14/h4-12H,13H2,1-3H3,(H,21,24)(H,22,25). The van der Waals surface area contributed by atoms with Gasteiger partial charge in [-0.2, -0.15) is 0 Å². The molecule has 0 saturated carbocycles. The van der Waals surface area contributed by atoms with Crippen LogP contribution in [-0.2, 0) is 4.74 Å². The van der Waals surface area contributed by atoms with Gasteiger partial charge in [0.15, 0.2) is 5.78 Å². The summed E-state index contributed by atoms with van der Waals surface area (Å²) in [7, 11) is 0. The Labute approximate surface area is 152 Å². The number of alkyl carbamates (subject to hydrolysis) is 1. The fourth-order valence-electron chi connectivity index (χ4n) is 2.14. The number of benzene rings is 2. The van der Waals surface area contributed by atoms with E-state index in [1.54, 1.807) is 69.3 Å². The first kappa shape index (κ1) is 19.2. The second-order valence-corrected chi connectivity index (χ2v) is 6.63. The SMILES string of the molecule is CC(C)(C)OC(=O)NCNC(=O)c1ccc(C(=O)c2ccccc2)cc1. The van der Waals surface area contributed by atoms with Gasteiger partial charge in [0.1, 0.15) is 5.60 Å². The molecule has 0 fully saturated rings. The molecule has 0 radical (unpaired) electrons. The van der Waals surface area contributed by atoms with E-state index in [-0.39, 0.29) is 18.4 Å². The van der Waals surface area contributed by atoms with Crippen LogP contribution in [0.1, 0.15) is 47.1 Å². The first-order valence-electron chi connectivity index (χ1n) is 8.21. The minimum absolute atomic E-state index is 0.0571. The second-order valence-electron chi connectivity index (χ2n) is 6.63. The lowest BCUT2D eigenvalue weighted by molar-refractivity contribution is 0.0523. The zero-order valence-corrected chi connectivity index (χ0v) is 15.0. The first-order chi connectivity index (χ1) is 12.3. The smallest absolute Gasteiger partial charge is 0.409 e. The van der Waals surface area contributed by atoms with Crippen molar-refractivity contribution in [3.8, 4) is 0 Å². The van der Waals surface area contributed by atoms with E-state index in [4.69, 9.17) is 4.74 Å². The summed E-state index contributed by atoms with van der Waals surface area (Å²) in [5.41, 5.74) is 0.876. The van der Waals surface area contributed by atoms with Crippen LogP contribution in [-0.4, -0.2) is 30.1 Å². The highest BCUT2D eigenvalue weighted by Gasteiger charge is 2.16. The van der Waals surface area contributed by atoms with Crippen molar-refractivity contribution in [3.05, 3.63) is 71.3 Å². The van der Waals surface area contributed by atoms with Crippen molar-refractivity contribution in [3.63, 3.8) is 0 Å². The van der Waals surface area contributed by atoms with Crippen LogP contribution in [0.3, 0.4) is 0 Å². The third kappa shape index (κ3) is 5.73. The number of amides is 2. The lowest BCUT2D eigenvalue weighted by Gasteiger charge is -2.19. The van der Waals surface area contributed by atoms with Gasteiger partial charge in [0.05, 0.1) is 6.67 Å². The Balaban J connectivity index is 1.89. The number of carbonyl (C=O) groups is 3. The molecule has 6 heteroatoms. The molecule has 0 bridgehead atoms. The predicted octanol–water partition coefficient (Wildman–Crippen LogP) is 3.13. The van der Waals surface area contributed by atoms with Crippen LogP contribution in [0.5, 0.6) is 0 Å². The molecule has 0 spiro atoms. The second kappa shape index (κ2) is 8.29.